The Kier molecular flexibility index (Phi) is 3.56. The van der Waals surface area contributed by atoms with Crippen molar-refractivity contribution in [3.8, 4) is 0 Å². The SMILES string of the molecule is Nc1ncc([C@@H](O)CBr)cc1C(F)(F)F. The molecule has 1 rings (SSSR count). The standard InChI is InChI=1S/C8H8BrF3N2O/c9-2-6(15)4-1-5(8(10,11)12)7(13)14-3-4/h1,3,6,15H,2H2,(H2,13,14)/t6-/m0/s1. The van der Waals surface area contributed by atoms with E-state index in [0.717, 1.165) is 12.3 Å². The Balaban J connectivity index is 3.17. The van der Waals surface area contributed by atoms with Crippen molar-refractivity contribution < 1.29 is 18.3 Å². The van der Waals surface area contributed by atoms with Crippen LogP contribution in [0.25, 0.3) is 0 Å². The molecule has 3 N–H and O–H groups in total. The first-order valence-electron chi connectivity index (χ1n) is 3.93. The van der Waals surface area contributed by atoms with E-state index in [2.05, 4.69) is 20.9 Å². The molecule has 3 nitrogen and oxygen atoms in total. The Hall–Kier alpha value is -0.820. The molecular formula is C8H8BrF3N2O. The van der Waals surface area contributed by atoms with Gasteiger partial charge in [-0.25, -0.2) is 4.98 Å². The molecule has 0 aliphatic rings. The van der Waals surface area contributed by atoms with Crippen LogP contribution in [0.1, 0.15) is 17.2 Å². The van der Waals surface area contributed by atoms with E-state index in [-0.39, 0.29) is 10.9 Å². The smallest absolute Gasteiger partial charge is 0.387 e. The van der Waals surface area contributed by atoms with Crippen LogP contribution in [0, 0.1) is 0 Å². The van der Waals surface area contributed by atoms with Gasteiger partial charge in [-0.15, -0.1) is 0 Å². The number of rotatable bonds is 2. The molecule has 0 fully saturated rings. The average molecular weight is 285 g/mol. The van der Waals surface area contributed by atoms with Crippen molar-refractivity contribution >= 4 is 21.7 Å². The van der Waals surface area contributed by atoms with Gasteiger partial charge in [0.05, 0.1) is 11.7 Å². The number of hydrogen-bond donors (Lipinski definition) is 2. The van der Waals surface area contributed by atoms with Crippen LogP contribution in [-0.2, 0) is 6.18 Å². The number of anilines is 1. The van der Waals surface area contributed by atoms with Gasteiger partial charge in [-0.1, -0.05) is 15.9 Å². The second-order valence-corrected chi connectivity index (χ2v) is 3.52. The Labute approximate surface area is 92.2 Å². The summed E-state index contributed by atoms with van der Waals surface area (Å²) in [5.41, 5.74) is 4.14. The van der Waals surface area contributed by atoms with Crippen LogP contribution in [0.2, 0.25) is 0 Å². The van der Waals surface area contributed by atoms with E-state index in [0.29, 0.717) is 0 Å². The van der Waals surface area contributed by atoms with Gasteiger partial charge in [0.15, 0.2) is 0 Å². The molecule has 1 aromatic heterocycles. The minimum Gasteiger partial charge on any atom is -0.387 e. The van der Waals surface area contributed by atoms with Gasteiger partial charge in [0, 0.05) is 17.1 Å². The molecule has 1 aromatic rings. The predicted molar refractivity (Wildman–Crippen MR) is 52.4 cm³/mol. The van der Waals surface area contributed by atoms with E-state index in [9.17, 15) is 18.3 Å². The number of hydrogen-bond acceptors (Lipinski definition) is 3. The van der Waals surface area contributed by atoms with Crippen molar-refractivity contribution in [3.05, 3.63) is 23.4 Å². The Morgan fingerprint density at radius 2 is 2.13 bits per heavy atom. The third-order valence-electron chi connectivity index (χ3n) is 1.78. The van der Waals surface area contributed by atoms with Gasteiger partial charge >= 0.3 is 6.18 Å². The van der Waals surface area contributed by atoms with Gasteiger partial charge in [0.1, 0.15) is 5.82 Å². The number of nitrogen functional groups attached to an aromatic ring is 1. The highest BCUT2D eigenvalue weighted by Crippen LogP contribution is 2.33. The fraction of sp³-hybridized carbons (Fsp3) is 0.375. The van der Waals surface area contributed by atoms with Gasteiger partial charge in [-0.05, 0) is 6.07 Å². The molecule has 0 unspecified atom stereocenters. The highest BCUT2D eigenvalue weighted by atomic mass is 79.9. The number of aliphatic hydroxyl groups excluding tert-OH is 1. The molecule has 0 aliphatic carbocycles. The van der Waals surface area contributed by atoms with Gasteiger partial charge in [0.2, 0.25) is 0 Å². The molecule has 0 amide bonds. The zero-order valence-electron chi connectivity index (χ0n) is 7.42. The maximum absolute atomic E-state index is 12.4. The van der Waals surface area contributed by atoms with Crippen LogP contribution in [-0.4, -0.2) is 15.4 Å². The number of halogens is 4. The zero-order valence-corrected chi connectivity index (χ0v) is 9.01. The molecular weight excluding hydrogens is 277 g/mol. The van der Waals surface area contributed by atoms with Gasteiger partial charge in [0.25, 0.3) is 0 Å². The normalized spacial score (nSPS) is 13.9. The Morgan fingerprint density at radius 3 is 2.60 bits per heavy atom. The van der Waals surface area contributed by atoms with E-state index >= 15 is 0 Å². The minimum absolute atomic E-state index is 0.0772. The van der Waals surface area contributed by atoms with Crippen LogP contribution >= 0.6 is 15.9 Å². The number of alkyl halides is 4. The van der Waals surface area contributed by atoms with Crippen LogP contribution < -0.4 is 5.73 Å². The molecule has 0 aliphatic heterocycles. The highest BCUT2D eigenvalue weighted by molar-refractivity contribution is 9.09. The van der Waals surface area contributed by atoms with Crippen LogP contribution in [0.3, 0.4) is 0 Å². The minimum atomic E-state index is -4.56. The van der Waals surface area contributed by atoms with Gasteiger partial charge < -0.3 is 10.8 Å². The van der Waals surface area contributed by atoms with Crippen molar-refractivity contribution in [1.29, 1.82) is 0 Å². The van der Waals surface area contributed by atoms with Crippen LogP contribution in [0.4, 0.5) is 19.0 Å². The maximum atomic E-state index is 12.4. The number of nitrogens with two attached hydrogens (primary N) is 1. The molecule has 0 saturated heterocycles. The first-order valence-corrected chi connectivity index (χ1v) is 5.05. The quantitative estimate of drug-likeness (QED) is 0.818. The third kappa shape index (κ3) is 2.82. The third-order valence-corrected chi connectivity index (χ3v) is 2.39. The fourth-order valence-electron chi connectivity index (χ4n) is 0.990. The molecule has 0 spiro atoms. The average Bonchev–Trinajstić information content (AvgIpc) is 2.15. The molecule has 0 aromatic carbocycles. The number of aliphatic hydroxyl groups is 1. The molecule has 0 radical (unpaired) electrons. The summed E-state index contributed by atoms with van der Waals surface area (Å²) in [6, 6.07) is 0.800. The summed E-state index contributed by atoms with van der Waals surface area (Å²) < 4.78 is 37.1. The lowest BCUT2D eigenvalue weighted by atomic mass is 10.1. The predicted octanol–water partition coefficient (Wildman–Crippen LogP) is 2.11. The molecule has 1 atom stereocenters. The summed E-state index contributed by atoms with van der Waals surface area (Å²) in [4.78, 5) is 3.39. The largest absolute Gasteiger partial charge is 0.419 e. The second-order valence-electron chi connectivity index (χ2n) is 2.87. The highest BCUT2D eigenvalue weighted by Gasteiger charge is 2.34. The summed E-state index contributed by atoms with van der Waals surface area (Å²) in [7, 11) is 0. The Morgan fingerprint density at radius 1 is 1.53 bits per heavy atom. The molecule has 0 saturated carbocycles. The lowest BCUT2D eigenvalue weighted by Crippen LogP contribution is -2.12. The van der Waals surface area contributed by atoms with Crippen molar-refractivity contribution in [3.63, 3.8) is 0 Å². The van der Waals surface area contributed by atoms with Crippen LogP contribution in [0.5, 0.6) is 0 Å². The van der Waals surface area contributed by atoms with E-state index in [1.807, 2.05) is 0 Å². The van der Waals surface area contributed by atoms with Crippen LogP contribution in [0.15, 0.2) is 12.3 Å². The van der Waals surface area contributed by atoms with Crippen molar-refractivity contribution in [2.75, 3.05) is 11.1 Å². The second kappa shape index (κ2) is 4.36. The summed E-state index contributed by atoms with van der Waals surface area (Å²) in [5, 5.41) is 9.45. The fourth-order valence-corrected chi connectivity index (χ4v) is 1.36. The Bertz CT molecular complexity index is 356. The lowest BCUT2D eigenvalue weighted by molar-refractivity contribution is -0.137. The maximum Gasteiger partial charge on any atom is 0.419 e. The van der Waals surface area contributed by atoms with E-state index in [1.54, 1.807) is 0 Å². The summed E-state index contributed by atoms with van der Waals surface area (Å²) in [5.74, 6) is -0.590. The summed E-state index contributed by atoms with van der Waals surface area (Å²) >= 11 is 2.95. The number of nitrogens with zero attached hydrogens (tertiary/aromatic N) is 1. The molecule has 7 heteroatoms. The number of aromatic nitrogens is 1. The molecule has 15 heavy (non-hydrogen) atoms. The van der Waals surface area contributed by atoms with E-state index < -0.39 is 23.7 Å². The first kappa shape index (κ1) is 12.3. The lowest BCUT2D eigenvalue weighted by Gasteiger charge is -2.12. The van der Waals surface area contributed by atoms with Gasteiger partial charge in [-0.2, -0.15) is 13.2 Å². The zero-order chi connectivity index (χ0) is 11.6. The van der Waals surface area contributed by atoms with E-state index in [1.165, 1.54) is 0 Å². The summed E-state index contributed by atoms with van der Waals surface area (Å²) in [6.45, 7) is 0. The van der Waals surface area contributed by atoms with Crippen molar-refractivity contribution in [1.82, 2.24) is 4.98 Å². The molecule has 1 heterocycles. The monoisotopic (exact) mass is 284 g/mol. The van der Waals surface area contributed by atoms with Crippen molar-refractivity contribution in [2.24, 2.45) is 0 Å². The first-order chi connectivity index (χ1) is 6.86. The summed E-state index contributed by atoms with van der Waals surface area (Å²) in [6.07, 6.45) is -4.46. The topological polar surface area (TPSA) is 59.1 Å². The number of pyridine rings is 1. The van der Waals surface area contributed by atoms with Crippen molar-refractivity contribution in [2.45, 2.75) is 12.3 Å². The van der Waals surface area contributed by atoms with E-state index in [4.69, 9.17) is 5.73 Å². The van der Waals surface area contributed by atoms with Gasteiger partial charge in [-0.3, -0.25) is 0 Å². The molecule has 0 bridgehead atoms. The molecule has 84 valence electrons.